The third-order valence-electron chi connectivity index (χ3n) is 6.05. The van der Waals surface area contributed by atoms with Crippen molar-refractivity contribution in [3.63, 3.8) is 0 Å². The molecule has 160 valence electrons. The second-order valence-electron chi connectivity index (χ2n) is 8.26. The van der Waals surface area contributed by atoms with Gasteiger partial charge in [-0.2, -0.15) is 0 Å². The van der Waals surface area contributed by atoms with Gasteiger partial charge in [-0.1, -0.05) is 30.3 Å². The molecule has 1 fully saturated rings. The number of fused-ring (bicyclic) bond motifs is 2. The zero-order chi connectivity index (χ0) is 21.2. The topological polar surface area (TPSA) is 40.6 Å². The summed E-state index contributed by atoms with van der Waals surface area (Å²) in [5, 5.41) is 6.90. The van der Waals surface area contributed by atoms with Crippen molar-refractivity contribution in [3.8, 4) is 0 Å². The van der Waals surface area contributed by atoms with Gasteiger partial charge in [0.05, 0.1) is 30.3 Å². The fraction of sp³-hybridized carbons (Fsp3) is 0.320. The third kappa shape index (κ3) is 4.24. The molecule has 1 N–H and O–H groups in total. The molecule has 4 heterocycles. The lowest BCUT2D eigenvalue weighted by molar-refractivity contribution is 0.0301. The zero-order valence-electron chi connectivity index (χ0n) is 18.0. The summed E-state index contributed by atoms with van der Waals surface area (Å²) in [6, 6.07) is 17.2. The largest absolute Gasteiger partial charge is 0.375 e. The van der Waals surface area contributed by atoms with Crippen molar-refractivity contribution in [1.29, 1.82) is 0 Å². The number of thiophene rings is 1. The van der Waals surface area contributed by atoms with E-state index in [4.69, 9.17) is 9.72 Å². The smallest absolute Gasteiger partial charge is 0.102 e. The van der Waals surface area contributed by atoms with Gasteiger partial charge < -0.3 is 15.0 Å². The Balaban J connectivity index is 1.42. The van der Waals surface area contributed by atoms with Crippen LogP contribution in [0.2, 0.25) is 0 Å². The molecule has 5 nitrogen and oxygen atoms in total. The van der Waals surface area contributed by atoms with Crippen LogP contribution in [-0.2, 0) is 11.3 Å². The van der Waals surface area contributed by atoms with Gasteiger partial charge in [0, 0.05) is 47.7 Å². The number of pyridine rings is 1. The van der Waals surface area contributed by atoms with E-state index in [9.17, 15) is 0 Å². The molecular formula is C25H28N4OS. The molecule has 1 atom stereocenters. The van der Waals surface area contributed by atoms with E-state index < -0.39 is 0 Å². The predicted molar refractivity (Wildman–Crippen MR) is 127 cm³/mol. The molecule has 1 aromatic carbocycles. The Kier molecular flexibility index (Phi) is 5.76. The molecule has 0 bridgehead atoms. The van der Waals surface area contributed by atoms with E-state index in [1.54, 1.807) is 11.3 Å². The van der Waals surface area contributed by atoms with Gasteiger partial charge in [-0.3, -0.25) is 9.88 Å². The van der Waals surface area contributed by atoms with Gasteiger partial charge in [0.25, 0.3) is 0 Å². The lowest BCUT2D eigenvalue weighted by atomic mass is 10.1. The van der Waals surface area contributed by atoms with E-state index >= 15 is 0 Å². The standard InChI is InChI=1S/C25H28N4OS/c1-18-13-22-24(23-20(9-6-10-26-23)14-27-25(22)31-18)29-12-11-28(2)21(15-29)17-30-16-19-7-4-3-5-8-19/h3-10,13-14,21,27H,11-12,15-17H2,1-2H3. The van der Waals surface area contributed by atoms with Crippen LogP contribution in [0.1, 0.15) is 16.0 Å². The number of aryl methyl sites for hydroxylation is 1. The normalized spacial score (nSPS) is 18.6. The van der Waals surface area contributed by atoms with E-state index in [2.05, 4.69) is 71.7 Å². The summed E-state index contributed by atoms with van der Waals surface area (Å²) in [5.74, 6) is 0. The predicted octanol–water partition coefficient (Wildman–Crippen LogP) is 2.60. The third-order valence-corrected chi connectivity index (χ3v) is 7.03. The molecule has 0 saturated carbocycles. The molecule has 0 radical (unpaired) electrons. The Bertz CT molecular complexity index is 1170. The molecule has 6 heteroatoms. The van der Waals surface area contributed by atoms with Gasteiger partial charge in [-0.25, -0.2) is 0 Å². The minimum Gasteiger partial charge on any atom is -0.375 e. The van der Waals surface area contributed by atoms with Gasteiger partial charge in [-0.05, 0) is 37.7 Å². The summed E-state index contributed by atoms with van der Waals surface area (Å²) in [6.45, 7) is 6.43. The van der Waals surface area contributed by atoms with Crippen LogP contribution in [-0.4, -0.2) is 54.1 Å². The second-order valence-corrected chi connectivity index (χ2v) is 9.52. The van der Waals surface area contributed by atoms with Gasteiger partial charge >= 0.3 is 0 Å². The van der Waals surface area contributed by atoms with Crippen LogP contribution in [0.4, 0.5) is 5.00 Å². The number of piperazine rings is 1. The number of nitrogens with zero attached hydrogens (tertiary/aromatic N) is 3. The summed E-state index contributed by atoms with van der Waals surface area (Å²) < 4.78 is 6.12. The van der Waals surface area contributed by atoms with Gasteiger partial charge in [0.15, 0.2) is 0 Å². The first kappa shape index (κ1) is 20.2. The minimum atomic E-state index is 0.334. The molecule has 0 aliphatic carbocycles. The lowest BCUT2D eigenvalue weighted by Gasteiger charge is -2.41. The number of ether oxygens (including phenoxy) is 1. The Hall–Kier alpha value is -2.67. The van der Waals surface area contributed by atoms with Gasteiger partial charge in [0.1, 0.15) is 5.00 Å². The molecule has 1 unspecified atom stereocenters. The van der Waals surface area contributed by atoms with E-state index in [-0.39, 0.29) is 0 Å². The molecule has 31 heavy (non-hydrogen) atoms. The molecule has 2 aliphatic rings. The molecule has 0 amide bonds. The minimum absolute atomic E-state index is 0.334. The first-order chi connectivity index (χ1) is 15.2. The van der Waals surface area contributed by atoms with Crippen LogP contribution in [0.25, 0.3) is 11.9 Å². The van der Waals surface area contributed by atoms with Crippen LogP contribution in [0, 0.1) is 6.92 Å². The highest BCUT2D eigenvalue weighted by molar-refractivity contribution is 7.16. The maximum absolute atomic E-state index is 6.12. The van der Waals surface area contributed by atoms with Crippen LogP contribution in [0.15, 0.2) is 54.7 Å². The fourth-order valence-electron chi connectivity index (χ4n) is 4.34. The number of rotatable bonds is 5. The Morgan fingerprint density at radius 1 is 1.16 bits per heavy atom. The molecule has 2 aliphatic heterocycles. The number of aromatic nitrogens is 1. The fourth-order valence-corrected chi connectivity index (χ4v) is 5.22. The first-order valence-corrected chi connectivity index (χ1v) is 11.6. The van der Waals surface area contributed by atoms with Crippen molar-refractivity contribution in [2.45, 2.75) is 19.6 Å². The van der Waals surface area contributed by atoms with Crippen molar-refractivity contribution < 1.29 is 4.74 Å². The average molecular weight is 433 g/mol. The summed E-state index contributed by atoms with van der Waals surface area (Å²) >= 11 is 1.80. The SMILES string of the molecule is Cc1cc2c(s1)NC=c1cccnc1=C2N1CCN(C)C(COCc2ccccc2)C1. The summed E-state index contributed by atoms with van der Waals surface area (Å²) in [7, 11) is 2.20. The average Bonchev–Trinajstić information content (AvgIpc) is 3.08. The van der Waals surface area contributed by atoms with Crippen molar-refractivity contribution >= 4 is 28.2 Å². The van der Waals surface area contributed by atoms with Crippen molar-refractivity contribution in [3.05, 3.63) is 81.3 Å². The molecule has 1 saturated heterocycles. The molecular weight excluding hydrogens is 404 g/mol. The summed E-state index contributed by atoms with van der Waals surface area (Å²) in [5.41, 5.74) is 3.70. The van der Waals surface area contributed by atoms with Crippen molar-refractivity contribution in [1.82, 2.24) is 14.8 Å². The van der Waals surface area contributed by atoms with Crippen LogP contribution in [0.3, 0.4) is 0 Å². The summed E-state index contributed by atoms with van der Waals surface area (Å²) in [4.78, 5) is 11.0. The molecule has 2 aromatic heterocycles. The second kappa shape index (κ2) is 8.83. The number of hydrogen-bond donors (Lipinski definition) is 1. The number of benzene rings is 1. The number of hydrogen-bond acceptors (Lipinski definition) is 6. The van der Waals surface area contributed by atoms with Gasteiger partial charge in [0.2, 0.25) is 0 Å². The number of likely N-dealkylation sites (N-methyl/N-ethyl adjacent to an activating group) is 1. The Labute approximate surface area is 187 Å². The Morgan fingerprint density at radius 2 is 2.03 bits per heavy atom. The lowest BCUT2D eigenvalue weighted by Crippen LogP contribution is -2.54. The highest BCUT2D eigenvalue weighted by Gasteiger charge is 2.29. The van der Waals surface area contributed by atoms with Crippen LogP contribution in [0.5, 0.6) is 0 Å². The first-order valence-electron chi connectivity index (χ1n) is 10.8. The van der Waals surface area contributed by atoms with Crippen molar-refractivity contribution in [2.75, 3.05) is 38.6 Å². The maximum Gasteiger partial charge on any atom is 0.102 e. The van der Waals surface area contributed by atoms with Gasteiger partial charge in [-0.15, -0.1) is 11.3 Å². The van der Waals surface area contributed by atoms with Crippen molar-refractivity contribution in [2.24, 2.45) is 0 Å². The zero-order valence-corrected chi connectivity index (χ0v) is 18.9. The molecule has 5 rings (SSSR count). The molecule has 0 spiro atoms. The number of nitrogens with one attached hydrogen (secondary N) is 1. The maximum atomic E-state index is 6.12. The molecule has 3 aromatic rings. The van der Waals surface area contributed by atoms with E-state index in [1.165, 1.54) is 26.7 Å². The van der Waals surface area contributed by atoms with E-state index in [0.29, 0.717) is 19.3 Å². The van der Waals surface area contributed by atoms with Crippen LogP contribution < -0.4 is 15.9 Å². The number of anilines is 1. The summed E-state index contributed by atoms with van der Waals surface area (Å²) in [6.07, 6.45) is 3.98. The highest BCUT2D eigenvalue weighted by atomic mass is 32.1. The van der Waals surface area contributed by atoms with E-state index in [0.717, 1.165) is 30.2 Å². The van der Waals surface area contributed by atoms with E-state index in [1.807, 2.05) is 18.3 Å². The highest BCUT2D eigenvalue weighted by Crippen LogP contribution is 2.34. The Morgan fingerprint density at radius 3 is 2.90 bits per heavy atom. The van der Waals surface area contributed by atoms with Crippen LogP contribution >= 0.6 is 11.3 Å². The quantitative estimate of drug-likeness (QED) is 0.671. The monoisotopic (exact) mass is 432 g/mol.